The van der Waals surface area contributed by atoms with Crippen molar-refractivity contribution in [3.8, 4) is 0 Å². The van der Waals surface area contributed by atoms with Crippen molar-refractivity contribution < 1.29 is 8.42 Å². The summed E-state index contributed by atoms with van der Waals surface area (Å²) in [6.45, 7) is 1.98. The summed E-state index contributed by atoms with van der Waals surface area (Å²) in [4.78, 5) is 0. The summed E-state index contributed by atoms with van der Waals surface area (Å²) >= 11 is 3.33. The summed E-state index contributed by atoms with van der Waals surface area (Å²) < 4.78 is 26.6. The molecule has 0 amide bonds. The van der Waals surface area contributed by atoms with Gasteiger partial charge in [-0.25, -0.2) is 13.1 Å². The van der Waals surface area contributed by atoms with Gasteiger partial charge < -0.3 is 0 Å². The third-order valence-electron chi connectivity index (χ3n) is 2.50. The largest absolute Gasteiger partial charge is 0.216 e. The number of nitrogens with one attached hydrogen (secondary N) is 1. The van der Waals surface area contributed by atoms with Crippen LogP contribution in [0.25, 0.3) is 0 Å². The zero-order valence-electron chi connectivity index (χ0n) is 9.90. The lowest BCUT2D eigenvalue weighted by Crippen LogP contribution is -2.35. The predicted octanol–water partition coefficient (Wildman–Crippen LogP) is 2.67. The van der Waals surface area contributed by atoms with E-state index in [0.717, 1.165) is 23.7 Å². The Balaban J connectivity index is 2.63. The molecule has 1 rings (SSSR count). The van der Waals surface area contributed by atoms with E-state index in [1.54, 1.807) is 0 Å². The van der Waals surface area contributed by atoms with Crippen LogP contribution >= 0.6 is 15.9 Å². The summed E-state index contributed by atoms with van der Waals surface area (Å²) in [5, 5.41) is 0.805. The highest BCUT2D eigenvalue weighted by atomic mass is 79.9. The Bertz CT molecular complexity index is 419. The lowest BCUT2D eigenvalue weighted by atomic mass is 10.2. The molecule has 0 aliphatic heterocycles. The van der Waals surface area contributed by atoms with E-state index in [1.165, 1.54) is 0 Å². The Morgan fingerprint density at radius 1 is 1.29 bits per heavy atom. The van der Waals surface area contributed by atoms with Crippen molar-refractivity contribution in [2.45, 2.75) is 31.6 Å². The number of rotatable bonds is 7. The highest BCUT2D eigenvalue weighted by molar-refractivity contribution is 9.09. The van der Waals surface area contributed by atoms with E-state index in [-0.39, 0.29) is 11.8 Å². The molecule has 0 fully saturated rings. The molecular formula is C12H18BrNO2S. The number of hydrogen-bond donors (Lipinski definition) is 1. The van der Waals surface area contributed by atoms with Gasteiger partial charge in [0.25, 0.3) is 0 Å². The number of sulfonamides is 1. The number of hydrogen-bond acceptors (Lipinski definition) is 2. The minimum absolute atomic E-state index is 0.0167. The molecule has 1 aromatic rings. The van der Waals surface area contributed by atoms with Crippen LogP contribution in [0.5, 0.6) is 0 Å². The summed E-state index contributed by atoms with van der Waals surface area (Å²) in [7, 11) is -3.24. The van der Waals surface area contributed by atoms with Crippen molar-refractivity contribution in [2.24, 2.45) is 0 Å². The van der Waals surface area contributed by atoms with E-state index in [9.17, 15) is 8.42 Å². The van der Waals surface area contributed by atoms with Gasteiger partial charge in [-0.05, 0) is 18.4 Å². The Morgan fingerprint density at radius 3 is 2.47 bits per heavy atom. The lowest BCUT2D eigenvalue weighted by Gasteiger charge is -2.15. The van der Waals surface area contributed by atoms with Gasteiger partial charge in [0.05, 0.1) is 5.75 Å². The fourth-order valence-corrected chi connectivity index (χ4v) is 3.63. The van der Waals surface area contributed by atoms with Crippen molar-refractivity contribution in [3.05, 3.63) is 35.9 Å². The SMILES string of the molecule is CCC(CCBr)NS(=O)(=O)Cc1ccccc1. The Labute approximate surface area is 112 Å². The van der Waals surface area contributed by atoms with Gasteiger partial charge >= 0.3 is 0 Å². The zero-order chi connectivity index (χ0) is 12.7. The number of benzene rings is 1. The lowest BCUT2D eigenvalue weighted by molar-refractivity contribution is 0.532. The van der Waals surface area contributed by atoms with Crippen LogP contribution in [-0.4, -0.2) is 19.8 Å². The van der Waals surface area contributed by atoms with Crippen LogP contribution in [0, 0.1) is 0 Å². The van der Waals surface area contributed by atoms with Crippen LogP contribution in [0.15, 0.2) is 30.3 Å². The first kappa shape index (κ1) is 14.7. The molecule has 1 aromatic carbocycles. The van der Waals surface area contributed by atoms with Crippen molar-refractivity contribution >= 4 is 26.0 Å². The molecule has 0 aliphatic rings. The fraction of sp³-hybridized carbons (Fsp3) is 0.500. The topological polar surface area (TPSA) is 46.2 Å². The molecule has 5 heteroatoms. The van der Waals surface area contributed by atoms with Gasteiger partial charge in [0.2, 0.25) is 10.0 Å². The van der Waals surface area contributed by atoms with Crippen LogP contribution in [0.3, 0.4) is 0 Å². The van der Waals surface area contributed by atoms with Crippen LogP contribution < -0.4 is 4.72 Å². The minimum Gasteiger partial charge on any atom is -0.212 e. The van der Waals surface area contributed by atoms with Gasteiger partial charge in [-0.1, -0.05) is 53.2 Å². The highest BCUT2D eigenvalue weighted by Crippen LogP contribution is 2.08. The Kier molecular flexibility index (Phi) is 6.16. The second-order valence-corrected chi connectivity index (χ2v) is 6.49. The van der Waals surface area contributed by atoms with Gasteiger partial charge in [-0.15, -0.1) is 0 Å². The van der Waals surface area contributed by atoms with Gasteiger partial charge in [-0.2, -0.15) is 0 Å². The van der Waals surface area contributed by atoms with Crippen LogP contribution in [-0.2, 0) is 15.8 Å². The molecule has 1 atom stereocenters. The van der Waals surface area contributed by atoms with Gasteiger partial charge in [0, 0.05) is 11.4 Å². The molecule has 0 aliphatic carbocycles. The van der Waals surface area contributed by atoms with E-state index in [1.807, 2.05) is 37.3 Å². The van der Waals surface area contributed by atoms with Crippen LogP contribution in [0.2, 0.25) is 0 Å². The summed E-state index contributed by atoms with van der Waals surface area (Å²) in [6, 6.07) is 9.24. The first-order valence-corrected chi connectivity index (χ1v) is 8.44. The van der Waals surface area contributed by atoms with E-state index in [4.69, 9.17) is 0 Å². The molecule has 17 heavy (non-hydrogen) atoms. The maximum atomic E-state index is 11.9. The molecular weight excluding hydrogens is 302 g/mol. The van der Waals surface area contributed by atoms with Gasteiger partial charge in [0.15, 0.2) is 0 Å². The Hall–Kier alpha value is -0.390. The molecule has 0 spiro atoms. The quantitative estimate of drug-likeness (QED) is 0.785. The number of halogens is 1. The smallest absolute Gasteiger partial charge is 0.212 e. The van der Waals surface area contributed by atoms with Crippen molar-refractivity contribution in [1.82, 2.24) is 4.72 Å². The molecule has 0 saturated carbocycles. The van der Waals surface area contributed by atoms with E-state index in [2.05, 4.69) is 20.7 Å². The molecule has 0 heterocycles. The molecule has 0 radical (unpaired) electrons. The first-order valence-electron chi connectivity index (χ1n) is 5.67. The zero-order valence-corrected chi connectivity index (χ0v) is 12.3. The van der Waals surface area contributed by atoms with E-state index in [0.29, 0.717) is 0 Å². The third-order valence-corrected chi connectivity index (χ3v) is 4.36. The Morgan fingerprint density at radius 2 is 1.94 bits per heavy atom. The monoisotopic (exact) mass is 319 g/mol. The molecule has 0 saturated heterocycles. The standard InChI is InChI=1S/C12H18BrNO2S/c1-2-12(8-9-13)14-17(15,16)10-11-6-4-3-5-7-11/h3-7,12,14H,2,8-10H2,1H3. The molecule has 1 N–H and O–H groups in total. The molecule has 96 valence electrons. The normalized spacial score (nSPS) is 13.5. The first-order chi connectivity index (χ1) is 8.07. The summed E-state index contributed by atoms with van der Waals surface area (Å²) in [5.74, 6) is 0.0482. The molecule has 1 unspecified atom stereocenters. The van der Waals surface area contributed by atoms with Crippen molar-refractivity contribution in [2.75, 3.05) is 5.33 Å². The fourth-order valence-electron chi connectivity index (χ4n) is 1.57. The van der Waals surface area contributed by atoms with Crippen molar-refractivity contribution in [3.63, 3.8) is 0 Å². The maximum Gasteiger partial charge on any atom is 0.216 e. The highest BCUT2D eigenvalue weighted by Gasteiger charge is 2.16. The minimum atomic E-state index is -3.24. The predicted molar refractivity (Wildman–Crippen MR) is 74.7 cm³/mol. The molecule has 3 nitrogen and oxygen atoms in total. The van der Waals surface area contributed by atoms with Crippen LogP contribution in [0.1, 0.15) is 25.3 Å². The summed E-state index contributed by atoms with van der Waals surface area (Å²) in [5.41, 5.74) is 0.814. The van der Waals surface area contributed by atoms with E-state index >= 15 is 0 Å². The second-order valence-electron chi connectivity index (χ2n) is 3.95. The average molecular weight is 320 g/mol. The maximum absolute atomic E-state index is 11.9. The van der Waals surface area contributed by atoms with Crippen molar-refractivity contribution in [1.29, 1.82) is 0 Å². The van der Waals surface area contributed by atoms with Gasteiger partial charge in [0.1, 0.15) is 0 Å². The second kappa shape index (κ2) is 7.13. The third kappa shape index (κ3) is 5.66. The van der Waals surface area contributed by atoms with E-state index < -0.39 is 10.0 Å². The molecule has 0 bridgehead atoms. The van der Waals surface area contributed by atoms with Gasteiger partial charge in [-0.3, -0.25) is 0 Å². The summed E-state index contributed by atoms with van der Waals surface area (Å²) in [6.07, 6.45) is 1.62. The molecule has 0 aromatic heterocycles. The average Bonchev–Trinajstić information content (AvgIpc) is 2.29. The number of alkyl halides is 1. The van der Waals surface area contributed by atoms with Crippen LogP contribution in [0.4, 0.5) is 0 Å².